The summed E-state index contributed by atoms with van der Waals surface area (Å²) in [6.07, 6.45) is 1.65. The van der Waals surface area contributed by atoms with Crippen molar-refractivity contribution in [1.82, 2.24) is 0 Å². The second kappa shape index (κ2) is 6.18. The molecule has 0 fully saturated rings. The molecule has 0 saturated carbocycles. The van der Waals surface area contributed by atoms with Crippen LogP contribution >= 0.6 is 0 Å². The molecule has 17 heavy (non-hydrogen) atoms. The first-order chi connectivity index (χ1) is 8.08. The Hall–Kier alpha value is -1.64. The molecular formula is C14H18O3. The highest BCUT2D eigenvalue weighted by molar-refractivity contribution is 5.98. The van der Waals surface area contributed by atoms with Crippen LogP contribution in [-0.4, -0.2) is 16.9 Å². The van der Waals surface area contributed by atoms with Crippen molar-refractivity contribution in [3.8, 4) is 0 Å². The lowest BCUT2D eigenvalue weighted by molar-refractivity contribution is -0.136. The molecule has 0 aliphatic heterocycles. The third kappa shape index (κ3) is 3.70. The number of hydrogen-bond donors (Lipinski definition) is 1. The van der Waals surface area contributed by atoms with Crippen LogP contribution < -0.4 is 0 Å². The second-order valence-electron chi connectivity index (χ2n) is 4.02. The van der Waals surface area contributed by atoms with Crippen LogP contribution in [0, 0.1) is 0 Å². The van der Waals surface area contributed by atoms with Gasteiger partial charge in [0.2, 0.25) is 0 Å². The average molecular weight is 234 g/mol. The summed E-state index contributed by atoms with van der Waals surface area (Å²) in [6.45, 7) is 4.03. The Morgan fingerprint density at radius 3 is 2.35 bits per heavy atom. The summed E-state index contributed by atoms with van der Waals surface area (Å²) in [5.41, 5.74) is 2.80. The first-order valence-corrected chi connectivity index (χ1v) is 5.95. The van der Waals surface area contributed by atoms with Crippen LogP contribution in [0.25, 0.3) is 0 Å². The zero-order valence-corrected chi connectivity index (χ0v) is 10.3. The Bertz CT molecular complexity index is 421. The number of hydrogen-bond acceptors (Lipinski definition) is 2. The minimum atomic E-state index is -0.928. The molecule has 3 nitrogen and oxygen atoms in total. The molecule has 0 aromatic heterocycles. The summed E-state index contributed by atoms with van der Waals surface area (Å²) in [4.78, 5) is 22.4. The van der Waals surface area contributed by atoms with E-state index in [1.165, 1.54) is 0 Å². The number of aryl methyl sites for hydroxylation is 2. The largest absolute Gasteiger partial charge is 0.481 e. The SMILES string of the molecule is CCc1ccc(CC)c(C(=O)CCC(=O)O)c1. The number of aliphatic carboxylic acids is 1. The Morgan fingerprint density at radius 2 is 1.82 bits per heavy atom. The summed E-state index contributed by atoms with van der Waals surface area (Å²) < 4.78 is 0. The minimum absolute atomic E-state index is 0.0699. The van der Waals surface area contributed by atoms with Gasteiger partial charge in [-0.2, -0.15) is 0 Å². The van der Waals surface area contributed by atoms with Crippen molar-refractivity contribution in [3.63, 3.8) is 0 Å². The molecule has 0 atom stereocenters. The second-order valence-corrected chi connectivity index (χ2v) is 4.02. The molecule has 0 heterocycles. The molecule has 1 aromatic carbocycles. The fourth-order valence-electron chi connectivity index (χ4n) is 1.77. The molecule has 0 radical (unpaired) electrons. The van der Waals surface area contributed by atoms with Gasteiger partial charge in [0.25, 0.3) is 0 Å². The van der Waals surface area contributed by atoms with Gasteiger partial charge in [-0.15, -0.1) is 0 Å². The summed E-state index contributed by atoms with van der Waals surface area (Å²) in [7, 11) is 0. The Labute approximate surface area is 101 Å². The standard InChI is InChI=1S/C14H18O3/c1-3-10-5-6-11(4-2)12(9-10)13(15)7-8-14(16)17/h5-6,9H,3-4,7-8H2,1-2H3,(H,16,17). The molecule has 0 bridgehead atoms. The number of carbonyl (C=O) groups is 2. The molecule has 1 rings (SSSR count). The summed E-state index contributed by atoms with van der Waals surface area (Å²) in [5, 5.41) is 8.58. The number of carboxylic acid groups (broad SMARTS) is 1. The third-order valence-electron chi connectivity index (χ3n) is 2.83. The zero-order valence-electron chi connectivity index (χ0n) is 10.3. The van der Waals surface area contributed by atoms with E-state index in [0.29, 0.717) is 5.56 Å². The van der Waals surface area contributed by atoms with E-state index < -0.39 is 5.97 Å². The fraction of sp³-hybridized carbons (Fsp3) is 0.429. The highest BCUT2D eigenvalue weighted by Gasteiger charge is 2.12. The Kier molecular flexibility index (Phi) is 4.88. The van der Waals surface area contributed by atoms with Crippen molar-refractivity contribution in [1.29, 1.82) is 0 Å². The van der Waals surface area contributed by atoms with Crippen molar-refractivity contribution in [2.24, 2.45) is 0 Å². The molecule has 0 aliphatic carbocycles. The maximum Gasteiger partial charge on any atom is 0.303 e. The maximum atomic E-state index is 11.9. The van der Waals surface area contributed by atoms with Crippen LogP contribution in [0.1, 0.15) is 48.2 Å². The van der Waals surface area contributed by atoms with Crippen LogP contribution in [0.3, 0.4) is 0 Å². The van der Waals surface area contributed by atoms with Crippen LogP contribution in [0.4, 0.5) is 0 Å². The molecular weight excluding hydrogens is 216 g/mol. The van der Waals surface area contributed by atoms with Gasteiger partial charge in [-0.3, -0.25) is 9.59 Å². The molecule has 0 saturated heterocycles. The predicted molar refractivity (Wildman–Crippen MR) is 66.4 cm³/mol. The van der Waals surface area contributed by atoms with Gasteiger partial charge in [-0.1, -0.05) is 26.0 Å². The van der Waals surface area contributed by atoms with E-state index in [1.807, 2.05) is 32.0 Å². The number of carbonyl (C=O) groups excluding carboxylic acids is 1. The van der Waals surface area contributed by atoms with E-state index in [4.69, 9.17) is 5.11 Å². The van der Waals surface area contributed by atoms with Crippen LogP contribution in [0.5, 0.6) is 0 Å². The summed E-state index contributed by atoms with van der Waals surface area (Å²) >= 11 is 0. The normalized spacial score (nSPS) is 10.2. The van der Waals surface area contributed by atoms with E-state index in [1.54, 1.807) is 0 Å². The van der Waals surface area contributed by atoms with E-state index in [0.717, 1.165) is 24.0 Å². The van der Waals surface area contributed by atoms with E-state index in [2.05, 4.69) is 0 Å². The van der Waals surface area contributed by atoms with Crippen molar-refractivity contribution < 1.29 is 14.7 Å². The lowest BCUT2D eigenvalue weighted by Crippen LogP contribution is -2.07. The van der Waals surface area contributed by atoms with Gasteiger partial charge in [0.05, 0.1) is 6.42 Å². The van der Waals surface area contributed by atoms with Crippen molar-refractivity contribution in [3.05, 3.63) is 34.9 Å². The number of ketones is 1. The minimum Gasteiger partial charge on any atom is -0.481 e. The number of rotatable bonds is 6. The van der Waals surface area contributed by atoms with Gasteiger partial charge in [0, 0.05) is 12.0 Å². The van der Waals surface area contributed by atoms with Crippen LogP contribution in [0.2, 0.25) is 0 Å². The summed E-state index contributed by atoms with van der Waals surface area (Å²) in [6, 6.07) is 5.88. The lowest BCUT2D eigenvalue weighted by atomic mass is 9.96. The first-order valence-electron chi connectivity index (χ1n) is 5.95. The smallest absolute Gasteiger partial charge is 0.303 e. The summed E-state index contributed by atoms with van der Waals surface area (Å²) in [5.74, 6) is -0.998. The molecule has 1 aromatic rings. The predicted octanol–water partition coefficient (Wildman–Crippen LogP) is 2.86. The van der Waals surface area contributed by atoms with Crippen LogP contribution in [-0.2, 0) is 17.6 Å². The van der Waals surface area contributed by atoms with Gasteiger partial charge < -0.3 is 5.11 Å². The fourth-order valence-corrected chi connectivity index (χ4v) is 1.77. The lowest BCUT2D eigenvalue weighted by Gasteiger charge is -2.08. The molecule has 0 unspecified atom stereocenters. The van der Waals surface area contributed by atoms with E-state index in [9.17, 15) is 9.59 Å². The van der Waals surface area contributed by atoms with E-state index in [-0.39, 0.29) is 18.6 Å². The number of carboxylic acids is 1. The molecule has 92 valence electrons. The van der Waals surface area contributed by atoms with Gasteiger partial charge in [-0.25, -0.2) is 0 Å². The van der Waals surface area contributed by atoms with Gasteiger partial charge >= 0.3 is 5.97 Å². The van der Waals surface area contributed by atoms with E-state index >= 15 is 0 Å². The first kappa shape index (κ1) is 13.4. The molecule has 0 aliphatic rings. The highest BCUT2D eigenvalue weighted by atomic mass is 16.4. The Balaban J connectivity index is 2.93. The third-order valence-corrected chi connectivity index (χ3v) is 2.83. The average Bonchev–Trinajstić information content (AvgIpc) is 2.34. The Morgan fingerprint density at radius 1 is 1.12 bits per heavy atom. The molecule has 1 N–H and O–H groups in total. The quantitative estimate of drug-likeness (QED) is 0.770. The molecule has 3 heteroatoms. The van der Waals surface area contributed by atoms with Crippen molar-refractivity contribution >= 4 is 11.8 Å². The highest BCUT2D eigenvalue weighted by Crippen LogP contribution is 2.16. The van der Waals surface area contributed by atoms with Gasteiger partial charge in [-0.05, 0) is 30.0 Å². The van der Waals surface area contributed by atoms with Crippen molar-refractivity contribution in [2.75, 3.05) is 0 Å². The monoisotopic (exact) mass is 234 g/mol. The van der Waals surface area contributed by atoms with Crippen LogP contribution in [0.15, 0.2) is 18.2 Å². The number of Topliss-reactive ketones (excluding diaryl/α,β-unsaturated/α-hetero) is 1. The topological polar surface area (TPSA) is 54.4 Å². The molecule has 0 spiro atoms. The molecule has 0 amide bonds. The maximum absolute atomic E-state index is 11.9. The van der Waals surface area contributed by atoms with Crippen molar-refractivity contribution in [2.45, 2.75) is 39.5 Å². The van der Waals surface area contributed by atoms with Gasteiger partial charge in [0.15, 0.2) is 5.78 Å². The zero-order chi connectivity index (χ0) is 12.8. The number of benzene rings is 1. The van der Waals surface area contributed by atoms with Gasteiger partial charge in [0.1, 0.15) is 0 Å².